The van der Waals surface area contributed by atoms with E-state index in [-0.39, 0.29) is 11.5 Å². The van der Waals surface area contributed by atoms with Gasteiger partial charge in [-0.15, -0.1) is 10.2 Å². The second kappa shape index (κ2) is 8.39. The molecule has 0 saturated heterocycles. The van der Waals surface area contributed by atoms with E-state index in [9.17, 15) is 4.79 Å². The minimum atomic E-state index is -0.161. The van der Waals surface area contributed by atoms with E-state index in [1.54, 1.807) is 0 Å². The summed E-state index contributed by atoms with van der Waals surface area (Å²) in [7, 11) is 0. The third-order valence-corrected chi connectivity index (χ3v) is 5.78. The first-order chi connectivity index (χ1) is 16.0. The Morgan fingerprint density at radius 2 is 1.73 bits per heavy atom. The van der Waals surface area contributed by atoms with Crippen molar-refractivity contribution in [3.8, 4) is 22.8 Å². The van der Waals surface area contributed by atoms with Gasteiger partial charge in [-0.3, -0.25) is 4.79 Å². The Morgan fingerprint density at radius 1 is 0.970 bits per heavy atom. The molecule has 1 atom stereocenters. The van der Waals surface area contributed by atoms with Crippen LogP contribution in [-0.4, -0.2) is 10.2 Å². The number of hydrogen-bond donors (Lipinski definition) is 1. The molecule has 0 spiro atoms. The predicted octanol–water partition coefficient (Wildman–Crippen LogP) is 6.30. The lowest BCUT2D eigenvalue weighted by Gasteiger charge is -2.20. The van der Waals surface area contributed by atoms with Gasteiger partial charge in [-0.2, -0.15) is 0 Å². The molecule has 33 heavy (non-hydrogen) atoms. The number of anilines is 1. The maximum atomic E-state index is 13.3. The van der Waals surface area contributed by atoms with E-state index >= 15 is 0 Å². The molecule has 5 rings (SSSR count). The van der Waals surface area contributed by atoms with Crippen LogP contribution in [0.15, 0.2) is 86.8 Å². The summed E-state index contributed by atoms with van der Waals surface area (Å²) in [6.07, 6.45) is 1.31. The molecule has 6 nitrogen and oxygen atoms in total. The van der Waals surface area contributed by atoms with E-state index in [0.717, 1.165) is 27.9 Å². The van der Waals surface area contributed by atoms with Crippen molar-refractivity contribution in [1.82, 2.24) is 10.2 Å². The number of aromatic nitrogens is 2. The van der Waals surface area contributed by atoms with Crippen molar-refractivity contribution in [2.45, 2.75) is 26.8 Å². The molecular weight excluding hydrogens is 414 g/mol. The molecule has 1 N–H and O–H groups in total. The molecule has 3 aromatic carbocycles. The highest BCUT2D eigenvalue weighted by molar-refractivity contribution is 5.85. The largest absolute Gasteiger partial charge is 0.455 e. The van der Waals surface area contributed by atoms with Crippen LogP contribution in [0, 0.1) is 13.8 Å². The fraction of sp³-hybridized carbons (Fsp3) is 0.148. The zero-order chi connectivity index (χ0) is 22.9. The van der Waals surface area contributed by atoms with Gasteiger partial charge in [0.15, 0.2) is 5.43 Å². The Balaban J connectivity index is 1.64. The molecule has 5 aromatic rings. The molecule has 0 amide bonds. The van der Waals surface area contributed by atoms with E-state index in [2.05, 4.69) is 21.6 Å². The van der Waals surface area contributed by atoms with Gasteiger partial charge in [0, 0.05) is 22.4 Å². The highest BCUT2D eigenvalue weighted by Crippen LogP contribution is 2.34. The molecule has 6 heteroatoms. The van der Waals surface area contributed by atoms with Crippen LogP contribution in [0.4, 0.5) is 5.69 Å². The molecule has 0 aliphatic rings. The highest BCUT2D eigenvalue weighted by Gasteiger charge is 2.20. The van der Waals surface area contributed by atoms with Crippen LogP contribution in [0.5, 0.6) is 0 Å². The molecule has 2 aromatic heterocycles. The van der Waals surface area contributed by atoms with Crippen molar-refractivity contribution in [2.75, 3.05) is 5.32 Å². The third-order valence-electron chi connectivity index (χ3n) is 5.78. The number of benzene rings is 3. The first kappa shape index (κ1) is 20.7. The van der Waals surface area contributed by atoms with Crippen molar-refractivity contribution < 1.29 is 8.83 Å². The average Bonchev–Trinajstić information content (AvgIpc) is 3.37. The van der Waals surface area contributed by atoms with Crippen LogP contribution < -0.4 is 10.7 Å². The van der Waals surface area contributed by atoms with Gasteiger partial charge in [-0.1, -0.05) is 48.5 Å². The van der Waals surface area contributed by atoms with Crippen LogP contribution in [0.3, 0.4) is 0 Å². The Morgan fingerprint density at radius 3 is 2.48 bits per heavy atom. The van der Waals surface area contributed by atoms with Crippen LogP contribution in [0.1, 0.15) is 29.7 Å². The van der Waals surface area contributed by atoms with E-state index in [4.69, 9.17) is 8.83 Å². The summed E-state index contributed by atoms with van der Waals surface area (Å²) in [4.78, 5) is 13.3. The lowest BCUT2D eigenvalue weighted by molar-refractivity contribution is 0.568. The minimum Gasteiger partial charge on any atom is -0.455 e. The number of hydrogen-bond acceptors (Lipinski definition) is 6. The summed E-state index contributed by atoms with van der Waals surface area (Å²) in [5.41, 5.74) is 5.61. The monoisotopic (exact) mass is 437 g/mol. The molecular formula is C27H23N3O3. The maximum Gasteiger partial charge on any atom is 0.249 e. The highest BCUT2D eigenvalue weighted by atomic mass is 16.4. The van der Waals surface area contributed by atoms with Crippen LogP contribution in [0.25, 0.3) is 33.7 Å². The Bertz CT molecular complexity index is 1490. The molecule has 0 radical (unpaired) electrons. The Hall–Kier alpha value is -4.19. The molecule has 0 fully saturated rings. The smallest absolute Gasteiger partial charge is 0.249 e. The number of aryl methyl sites for hydroxylation is 1. The van der Waals surface area contributed by atoms with Crippen LogP contribution in [-0.2, 0) is 0 Å². The molecule has 2 heterocycles. The van der Waals surface area contributed by atoms with Crippen molar-refractivity contribution in [3.63, 3.8) is 0 Å². The first-order valence-electron chi connectivity index (χ1n) is 10.8. The number of nitrogens with one attached hydrogen (secondary N) is 1. The van der Waals surface area contributed by atoms with Crippen molar-refractivity contribution >= 4 is 16.7 Å². The summed E-state index contributed by atoms with van der Waals surface area (Å²) in [6.45, 7) is 5.85. The van der Waals surface area contributed by atoms with Crippen LogP contribution in [0.2, 0.25) is 0 Å². The van der Waals surface area contributed by atoms with Gasteiger partial charge in [-0.25, -0.2) is 0 Å². The number of para-hydroxylation sites is 1. The average molecular weight is 437 g/mol. The topological polar surface area (TPSA) is 81.2 Å². The van der Waals surface area contributed by atoms with E-state index in [0.29, 0.717) is 28.2 Å². The van der Waals surface area contributed by atoms with Gasteiger partial charge in [0.05, 0.1) is 17.0 Å². The Kier molecular flexibility index (Phi) is 5.26. The lowest BCUT2D eigenvalue weighted by atomic mass is 9.98. The lowest BCUT2D eigenvalue weighted by Crippen LogP contribution is -2.12. The molecule has 0 saturated carbocycles. The quantitative estimate of drug-likeness (QED) is 0.347. The number of fused-ring (bicyclic) bond motifs is 1. The summed E-state index contributed by atoms with van der Waals surface area (Å²) in [5, 5.41) is 12.0. The maximum absolute atomic E-state index is 13.3. The molecule has 0 aliphatic carbocycles. The zero-order valence-electron chi connectivity index (χ0n) is 18.6. The fourth-order valence-electron chi connectivity index (χ4n) is 4.15. The summed E-state index contributed by atoms with van der Waals surface area (Å²) in [5.74, 6) is 1.03. The van der Waals surface area contributed by atoms with Gasteiger partial charge in [0.2, 0.25) is 12.3 Å². The second-order valence-electron chi connectivity index (χ2n) is 8.14. The minimum absolute atomic E-state index is 0.0153. The summed E-state index contributed by atoms with van der Waals surface area (Å²) in [6, 6.07) is 21.3. The van der Waals surface area contributed by atoms with Gasteiger partial charge < -0.3 is 14.2 Å². The van der Waals surface area contributed by atoms with E-state index < -0.39 is 0 Å². The van der Waals surface area contributed by atoms with Gasteiger partial charge in [0.25, 0.3) is 0 Å². The SMILES string of the molecule is Cc1cc(C(C)Nc2ccccc2-c2nnco2)c2oc(-c3ccccc3)c(C)c(=O)c2c1. The Labute approximate surface area is 190 Å². The van der Waals surface area contributed by atoms with E-state index in [1.807, 2.05) is 81.4 Å². The van der Waals surface area contributed by atoms with Gasteiger partial charge >= 0.3 is 0 Å². The third kappa shape index (κ3) is 3.80. The van der Waals surface area contributed by atoms with E-state index in [1.165, 1.54) is 6.39 Å². The standard InChI is InChI=1S/C27H23N3O3/c1-16-13-21(18(3)29-23-12-8-7-11-20(23)27-30-28-15-32-27)26-22(14-16)24(31)17(2)25(33-26)19-9-5-4-6-10-19/h4-15,18,29H,1-3H3. The number of nitrogens with zero attached hydrogens (tertiary/aromatic N) is 2. The van der Waals surface area contributed by atoms with Gasteiger partial charge in [0.1, 0.15) is 11.3 Å². The van der Waals surface area contributed by atoms with Crippen molar-refractivity contribution in [3.05, 3.63) is 100 Å². The molecule has 1 unspecified atom stereocenters. The second-order valence-corrected chi connectivity index (χ2v) is 8.14. The number of rotatable bonds is 5. The predicted molar refractivity (Wildman–Crippen MR) is 129 cm³/mol. The fourth-order valence-corrected chi connectivity index (χ4v) is 4.15. The molecule has 0 bridgehead atoms. The summed E-state index contributed by atoms with van der Waals surface area (Å²) >= 11 is 0. The van der Waals surface area contributed by atoms with Crippen molar-refractivity contribution in [1.29, 1.82) is 0 Å². The molecule has 0 aliphatic heterocycles. The normalized spacial score (nSPS) is 12.1. The van der Waals surface area contributed by atoms with Gasteiger partial charge in [-0.05, 0) is 44.5 Å². The van der Waals surface area contributed by atoms with Crippen LogP contribution >= 0.6 is 0 Å². The zero-order valence-corrected chi connectivity index (χ0v) is 18.6. The molecule has 164 valence electrons. The summed E-state index contributed by atoms with van der Waals surface area (Å²) < 4.78 is 11.8. The first-order valence-corrected chi connectivity index (χ1v) is 10.8. The van der Waals surface area contributed by atoms with Crippen molar-refractivity contribution in [2.24, 2.45) is 0 Å².